The Morgan fingerprint density at radius 1 is 1.19 bits per heavy atom. The van der Waals surface area contributed by atoms with E-state index in [0.717, 1.165) is 43.0 Å². The van der Waals surface area contributed by atoms with Gasteiger partial charge in [-0.25, -0.2) is 5.43 Å². The molecule has 0 spiro atoms. The fraction of sp³-hybridized carbons (Fsp3) is 0.500. The van der Waals surface area contributed by atoms with Crippen molar-refractivity contribution in [3.63, 3.8) is 0 Å². The number of nitrogens with zero attached hydrogens (tertiary/aromatic N) is 1. The summed E-state index contributed by atoms with van der Waals surface area (Å²) < 4.78 is 5.99. The number of benzene rings is 1. The van der Waals surface area contributed by atoms with E-state index in [9.17, 15) is 4.79 Å². The summed E-state index contributed by atoms with van der Waals surface area (Å²) in [7, 11) is 0. The molecule has 2 N–H and O–H groups in total. The highest BCUT2D eigenvalue weighted by atomic mass is 16.5. The van der Waals surface area contributed by atoms with Gasteiger partial charge in [0.2, 0.25) is 5.91 Å². The van der Waals surface area contributed by atoms with Crippen LogP contribution in [-0.2, 0) is 4.79 Å². The molecule has 21 heavy (non-hydrogen) atoms. The van der Waals surface area contributed by atoms with Gasteiger partial charge in [-0.2, -0.15) is 5.10 Å². The van der Waals surface area contributed by atoms with E-state index in [1.54, 1.807) is 0 Å². The Hall–Kier alpha value is -1.88. The monoisotopic (exact) mass is 287 g/mol. The fourth-order valence-electron chi connectivity index (χ4n) is 2.81. The molecule has 1 unspecified atom stereocenters. The van der Waals surface area contributed by atoms with E-state index in [0.29, 0.717) is 12.5 Å². The van der Waals surface area contributed by atoms with Crippen molar-refractivity contribution in [3.8, 4) is 5.75 Å². The largest absolute Gasteiger partial charge is 0.490 e. The molecule has 0 aliphatic carbocycles. The zero-order valence-corrected chi connectivity index (χ0v) is 12.3. The number of carbonyl (C=O) groups excluding carboxylic acids is 1. The second kappa shape index (κ2) is 6.26. The maximum atomic E-state index is 11.3. The molecule has 1 fully saturated rings. The summed E-state index contributed by atoms with van der Waals surface area (Å²) >= 11 is 0. The van der Waals surface area contributed by atoms with E-state index in [2.05, 4.69) is 15.8 Å². The molecule has 112 valence electrons. The number of piperidine rings is 1. The highest BCUT2D eigenvalue weighted by Crippen LogP contribution is 2.21. The minimum absolute atomic E-state index is 0.0166. The summed E-state index contributed by atoms with van der Waals surface area (Å²) in [5.41, 5.74) is 4.53. The van der Waals surface area contributed by atoms with E-state index >= 15 is 0 Å². The zero-order chi connectivity index (χ0) is 14.7. The number of carbonyl (C=O) groups is 1. The van der Waals surface area contributed by atoms with E-state index in [-0.39, 0.29) is 11.8 Å². The lowest BCUT2D eigenvalue weighted by Crippen LogP contribution is -2.34. The Balaban J connectivity index is 1.67. The highest BCUT2D eigenvalue weighted by Gasteiger charge is 2.21. The van der Waals surface area contributed by atoms with Crippen LogP contribution in [0.5, 0.6) is 5.75 Å². The summed E-state index contributed by atoms with van der Waals surface area (Å²) in [4.78, 5) is 11.3. The van der Waals surface area contributed by atoms with Crippen LogP contribution >= 0.6 is 0 Å². The van der Waals surface area contributed by atoms with E-state index in [1.165, 1.54) is 0 Å². The van der Waals surface area contributed by atoms with E-state index in [4.69, 9.17) is 4.74 Å². The summed E-state index contributed by atoms with van der Waals surface area (Å²) in [6.45, 7) is 4.07. The Bertz CT molecular complexity index is 533. The normalized spacial score (nSPS) is 23.4. The second-order valence-electron chi connectivity index (χ2n) is 5.73. The molecule has 1 atom stereocenters. The minimum atomic E-state index is -0.0166. The van der Waals surface area contributed by atoms with Gasteiger partial charge in [0.15, 0.2) is 0 Å². The van der Waals surface area contributed by atoms with Crippen LogP contribution in [0, 0.1) is 5.92 Å². The number of hydrogen-bond donors (Lipinski definition) is 2. The predicted octanol–water partition coefficient (Wildman–Crippen LogP) is 1.68. The first kappa shape index (κ1) is 14.1. The molecule has 2 heterocycles. The fourth-order valence-corrected chi connectivity index (χ4v) is 2.81. The lowest BCUT2D eigenvalue weighted by atomic mass is 9.94. The van der Waals surface area contributed by atoms with Crippen LogP contribution in [0.4, 0.5) is 0 Å². The van der Waals surface area contributed by atoms with Gasteiger partial charge in [0, 0.05) is 12.3 Å². The molecule has 3 rings (SSSR count). The molecule has 1 amide bonds. The van der Waals surface area contributed by atoms with Gasteiger partial charge < -0.3 is 10.1 Å². The lowest BCUT2D eigenvalue weighted by molar-refractivity contribution is -0.121. The van der Waals surface area contributed by atoms with Crippen molar-refractivity contribution in [3.05, 3.63) is 29.8 Å². The van der Waals surface area contributed by atoms with Crippen molar-refractivity contribution in [2.45, 2.75) is 32.3 Å². The van der Waals surface area contributed by atoms with Crippen molar-refractivity contribution in [2.75, 3.05) is 13.1 Å². The van der Waals surface area contributed by atoms with Crippen molar-refractivity contribution in [2.24, 2.45) is 11.0 Å². The summed E-state index contributed by atoms with van der Waals surface area (Å²) in [5.74, 6) is 1.03. The van der Waals surface area contributed by atoms with Crippen molar-refractivity contribution in [1.29, 1.82) is 0 Å². The van der Waals surface area contributed by atoms with Crippen LogP contribution in [-0.4, -0.2) is 30.8 Å². The Morgan fingerprint density at radius 3 is 2.57 bits per heavy atom. The van der Waals surface area contributed by atoms with Crippen LogP contribution in [0.3, 0.4) is 0 Å². The summed E-state index contributed by atoms with van der Waals surface area (Å²) in [5, 5.41) is 7.51. The maximum Gasteiger partial charge on any atom is 0.240 e. The molecule has 5 nitrogen and oxygen atoms in total. The molecule has 1 saturated heterocycles. The number of nitrogens with one attached hydrogen (secondary N) is 2. The maximum absolute atomic E-state index is 11.3. The standard InChI is InChI=1S/C16H21N3O2/c1-11-10-15(20)18-19-16(11)12-2-4-13(5-3-12)21-14-6-8-17-9-7-14/h2-5,11,14,17H,6-10H2,1H3,(H,18,20). The third-order valence-electron chi connectivity index (χ3n) is 4.00. The third kappa shape index (κ3) is 3.42. The van der Waals surface area contributed by atoms with Gasteiger partial charge in [0.25, 0.3) is 0 Å². The van der Waals surface area contributed by atoms with Gasteiger partial charge in [-0.05, 0) is 55.8 Å². The smallest absolute Gasteiger partial charge is 0.240 e. The first-order chi connectivity index (χ1) is 10.2. The molecule has 2 aliphatic heterocycles. The molecule has 5 heteroatoms. The molecule has 1 aromatic rings. The molecule has 2 aliphatic rings. The topological polar surface area (TPSA) is 62.7 Å². The van der Waals surface area contributed by atoms with Crippen LogP contribution in [0.25, 0.3) is 0 Å². The second-order valence-corrected chi connectivity index (χ2v) is 5.73. The van der Waals surface area contributed by atoms with Gasteiger partial charge in [0.05, 0.1) is 5.71 Å². The average molecular weight is 287 g/mol. The van der Waals surface area contributed by atoms with Crippen LogP contribution in [0.2, 0.25) is 0 Å². The van der Waals surface area contributed by atoms with Crippen LogP contribution < -0.4 is 15.5 Å². The molecule has 0 aromatic heterocycles. The molecular weight excluding hydrogens is 266 g/mol. The van der Waals surface area contributed by atoms with Gasteiger partial charge in [-0.15, -0.1) is 0 Å². The van der Waals surface area contributed by atoms with Crippen molar-refractivity contribution >= 4 is 11.6 Å². The van der Waals surface area contributed by atoms with Crippen molar-refractivity contribution < 1.29 is 9.53 Å². The minimum Gasteiger partial charge on any atom is -0.490 e. The number of hydrazone groups is 1. The number of ether oxygens (including phenoxy) is 1. The van der Waals surface area contributed by atoms with Gasteiger partial charge in [0.1, 0.15) is 11.9 Å². The molecule has 0 radical (unpaired) electrons. The lowest BCUT2D eigenvalue weighted by Gasteiger charge is -2.24. The Labute approximate surface area is 124 Å². The quantitative estimate of drug-likeness (QED) is 0.889. The Morgan fingerprint density at radius 2 is 1.90 bits per heavy atom. The molecule has 1 aromatic carbocycles. The van der Waals surface area contributed by atoms with Gasteiger partial charge in [-0.1, -0.05) is 6.92 Å². The number of rotatable bonds is 3. The average Bonchev–Trinajstić information content (AvgIpc) is 2.49. The zero-order valence-electron chi connectivity index (χ0n) is 12.3. The third-order valence-corrected chi connectivity index (χ3v) is 4.00. The van der Waals surface area contributed by atoms with Crippen LogP contribution in [0.1, 0.15) is 31.7 Å². The molecule has 0 saturated carbocycles. The van der Waals surface area contributed by atoms with Gasteiger partial charge in [-0.3, -0.25) is 4.79 Å². The first-order valence-corrected chi connectivity index (χ1v) is 7.56. The summed E-state index contributed by atoms with van der Waals surface area (Å²) in [6.07, 6.45) is 2.91. The Kier molecular flexibility index (Phi) is 4.20. The van der Waals surface area contributed by atoms with E-state index in [1.807, 2.05) is 31.2 Å². The summed E-state index contributed by atoms with van der Waals surface area (Å²) in [6, 6.07) is 8.01. The van der Waals surface area contributed by atoms with Crippen LogP contribution in [0.15, 0.2) is 29.4 Å². The first-order valence-electron chi connectivity index (χ1n) is 7.56. The number of hydrogen-bond acceptors (Lipinski definition) is 4. The number of amides is 1. The highest BCUT2D eigenvalue weighted by molar-refractivity contribution is 6.05. The predicted molar refractivity (Wildman–Crippen MR) is 81.4 cm³/mol. The SMILES string of the molecule is CC1CC(=O)NN=C1c1ccc(OC2CCNCC2)cc1. The van der Waals surface area contributed by atoms with Gasteiger partial charge >= 0.3 is 0 Å². The van der Waals surface area contributed by atoms with Crippen molar-refractivity contribution in [1.82, 2.24) is 10.7 Å². The van der Waals surface area contributed by atoms with E-state index < -0.39 is 0 Å². The molecular formula is C16H21N3O2. The molecule has 0 bridgehead atoms.